The number of esters is 1. The molecule has 1 aliphatic carbocycles. The summed E-state index contributed by atoms with van der Waals surface area (Å²) < 4.78 is 161. The molecule has 1 saturated carbocycles. The van der Waals surface area contributed by atoms with Crippen LogP contribution in [0.15, 0.2) is 12.2 Å². The fraction of sp³-hybridized carbons (Fsp3) is 0.833. The molecule has 0 amide bonds. The van der Waals surface area contributed by atoms with Gasteiger partial charge in [-0.05, 0) is 50.9 Å². The van der Waals surface area contributed by atoms with Gasteiger partial charge in [-0.3, -0.25) is 0 Å². The average molecular weight is 528 g/mol. The topological polar surface area (TPSA) is 66.8 Å². The molecule has 1 fully saturated rings. The van der Waals surface area contributed by atoms with Crippen LogP contribution in [0.1, 0.15) is 39.0 Å². The monoisotopic (exact) mass is 528 g/mol. The Morgan fingerprint density at radius 3 is 1.26 bits per heavy atom. The van der Waals surface area contributed by atoms with E-state index in [2.05, 4.69) is 6.58 Å². The molecule has 0 heterocycles. The first-order chi connectivity index (χ1) is 14.9. The number of ether oxygens (including phenoxy) is 1. The maximum absolute atomic E-state index is 13.0. The first-order valence-corrected chi connectivity index (χ1v) is 9.44. The standard InChI is InChI=1S/C18H20F12O4/c1-8(2)12(31)34-11-4-9(6-13(32,15(19,20)21)16(22,23)24)3-10(5-11)7-14(33,17(25,26)27)18(28,29)30/h9-11,32-33H,1,3-7H2,2H3. The summed E-state index contributed by atoms with van der Waals surface area (Å²) in [5, 5.41) is 18.8. The van der Waals surface area contributed by atoms with E-state index in [0.717, 1.165) is 6.92 Å². The van der Waals surface area contributed by atoms with Crippen molar-refractivity contribution in [3.8, 4) is 0 Å². The predicted octanol–water partition coefficient (Wildman–Crippen LogP) is 5.38. The minimum absolute atomic E-state index is 0.317. The Morgan fingerprint density at radius 2 is 1.03 bits per heavy atom. The highest BCUT2D eigenvalue weighted by atomic mass is 19.4. The molecule has 0 spiro atoms. The van der Waals surface area contributed by atoms with Crippen LogP contribution >= 0.6 is 0 Å². The van der Waals surface area contributed by atoms with Gasteiger partial charge in [0.1, 0.15) is 6.10 Å². The second kappa shape index (κ2) is 9.39. The van der Waals surface area contributed by atoms with E-state index < -0.39 is 91.9 Å². The maximum Gasteiger partial charge on any atom is 0.426 e. The quantitative estimate of drug-likeness (QED) is 0.276. The largest absolute Gasteiger partial charge is 0.459 e. The van der Waals surface area contributed by atoms with Gasteiger partial charge in [0.2, 0.25) is 0 Å². The SMILES string of the molecule is C=C(C)C(=O)OC1CC(CC(O)(C(F)(F)F)C(F)(F)F)CC(CC(O)(C(F)(F)F)C(F)(F)F)C1. The Morgan fingerprint density at radius 1 is 0.735 bits per heavy atom. The van der Waals surface area contributed by atoms with Gasteiger partial charge in [0.05, 0.1) is 0 Å². The van der Waals surface area contributed by atoms with Crippen molar-refractivity contribution >= 4 is 5.97 Å². The molecule has 0 aromatic carbocycles. The lowest BCUT2D eigenvalue weighted by molar-refractivity contribution is -0.376. The molecule has 16 heteroatoms. The van der Waals surface area contributed by atoms with Crippen molar-refractivity contribution in [2.45, 2.75) is 81.0 Å². The highest BCUT2D eigenvalue weighted by Gasteiger charge is 2.72. The van der Waals surface area contributed by atoms with E-state index in [0.29, 0.717) is 0 Å². The van der Waals surface area contributed by atoms with Crippen LogP contribution in [0.5, 0.6) is 0 Å². The lowest BCUT2D eigenvalue weighted by Crippen LogP contribution is -2.59. The van der Waals surface area contributed by atoms with E-state index in [1.165, 1.54) is 0 Å². The zero-order valence-corrected chi connectivity index (χ0v) is 17.2. The molecule has 4 nitrogen and oxygen atoms in total. The third kappa shape index (κ3) is 6.29. The molecule has 1 aliphatic rings. The number of hydrogen-bond acceptors (Lipinski definition) is 4. The second-order valence-electron chi connectivity index (χ2n) is 8.37. The zero-order chi connectivity index (χ0) is 27.1. The smallest absolute Gasteiger partial charge is 0.426 e. The molecular weight excluding hydrogens is 508 g/mol. The summed E-state index contributed by atoms with van der Waals surface area (Å²) in [6.45, 7) is 4.24. The van der Waals surface area contributed by atoms with E-state index in [1.54, 1.807) is 0 Å². The number of carbonyl (C=O) groups excluding carboxylic acids is 1. The fourth-order valence-corrected chi connectivity index (χ4v) is 3.81. The third-order valence-corrected chi connectivity index (χ3v) is 5.53. The molecule has 2 atom stereocenters. The van der Waals surface area contributed by atoms with Gasteiger partial charge in [0, 0.05) is 5.57 Å². The van der Waals surface area contributed by atoms with Gasteiger partial charge in [-0.2, -0.15) is 52.7 Å². The van der Waals surface area contributed by atoms with Crippen molar-refractivity contribution in [2.75, 3.05) is 0 Å². The Hall–Kier alpha value is -1.71. The Labute approximate surface area is 184 Å². The summed E-state index contributed by atoms with van der Waals surface area (Å²) in [6.07, 6.45) is -34.0. The highest BCUT2D eigenvalue weighted by molar-refractivity contribution is 5.87. The minimum Gasteiger partial charge on any atom is -0.459 e. The van der Waals surface area contributed by atoms with E-state index in [4.69, 9.17) is 4.74 Å². The van der Waals surface area contributed by atoms with Crippen molar-refractivity contribution < 1.29 is 72.4 Å². The lowest BCUT2D eigenvalue weighted by atomic mass is 9.71. The second-order valence-corrected chi connectivity index (χ2v) is 8.37. The maximum atomic E-state index is 13.0. The molecule has 2 N–H and O–H groups in total. The number of carbonyl (C=O) groups is 1. The Kier molecular flexibility index (Phi) is 8.37. The van der Waals surface area contributed by atoms with Gasteiger partial charge in [0.15, 0.2) is 0 Å². The minimum atomic E-state index is -6.29. The van der Waals surface area contributed by atoms with Crippen molar-refractivity contribution in [3.63, 3.8) is 0 Å². The number of rotatable bonds is 6. The lowest BCUT2D eigenvalue weighted by Gasteiger charge is -2.42. The predicted molar refractivity (Wildman–Crippen MR) is 88.9 cm³/mol. The number of hydrogen-bond donors (Lipinski definition) is 2. The summed E-state index contributed by atoms with van der Waals surface area (Å²) in [4.78, 5) is 11.7. The van der Waals surface area contributed by atoms with Crippen LogP contribution in [0.2, 0.25) is 0 Å². The molecule has 0 aromatic rings. The van der Waals surface area contributed by atoms with E-state index in [-0.39, 0.29) is 5.57 Å². The van der Waals surface area contributed by atoms with Crippen LogP contribution in [-0.4, -0.2) is 58.2 Å². The van der Waals surface area contributed by atoms with Gasteiger partial charge < -0.3 is 14.9 Å². The highest BCUT2D eigenvalue weighted by Crippen LogP contribution is 2.52. The normalized spacial score (nSPS) is 23.6. The van der Waals surface area contributed by atoms with Gasteiger partial charge in [-0.1, -0.05) is 6.58 Å². The Balaban J connectivity index is 3.37. The van der Waals surface area contributed by atoms with Crippen molar-refractivity contribution in [3.05, 3.63) is 12.2 Å². The summed E-state index contributed by atoms with van der Waals surface area (Å²) in [5.41, 5.74) is -11.0. The van der Waals surface area contributed by atoms with E-state index in [1.807, 2.05) is 0 Å². The molecule has 2 unspecified atom stereocenters. The molecule has 0 saturated heterocycles. The van der Waals surface area contributed by atoms with E-state index in [9.17, 15) is 67.7 Å². The molecule has 0 radical (unpaired) electrons. The first-order valence-electron chi connectivity index (χ1n) is 9.44. The molecule has 34 heavy (non-hydrogen) atoms. The van der Waals surface area contributed by atoms with Crippen molar-refractivity contribution in [1.82, 2.24) is 0 Å². The Bertz CT molecular complexity index is 674. The summed E-state index contributed by atoms with van der Waals surface area (Å²) in [7, 11) is 0. The molecule has 1 rings (SSSR count). The first kappa shape index (κ1) is 30.3. The summed E-state index contributed by atoms with van der Waals surface area (Å²) in [5.74, 6) is -5.21. The van der Waals surface area contributed by atoms with Gasteiger partial charge in [-0.15, -0.1) is 0 Å². The molecule has 0 bridgehead atoms. The van der Waals surface area contributed by atoms with Gasteiger partial charge in [-0.25, -0.2) is 4.79 Å². The van der Waals surface area contributed by atoms with Crippen LogP contribution in [0.25, 0.3) is 0 Å². The van der Waals surface area contributed by atoms with Crippen molar-refractivity contribution in [2.24, 2.45) is 11.8 Å². The van der Waals surface area contributed by atoms with Crippen LogP contribution in [0.4, 0.5) is 52.7 Å². The molecular formula is C18H20F12O4. The van der Waals surface area contributed by atoms with Crippen molar-refractivity contribution in [1.29, 1.82) is 0 Å². The van der Waals surface area contributed by atoms with E-state index >= 15 is 0 Å². The number of halogens is 12. The fourth-order valence-electron chi connectivity index (χ4n) is 3.81. The van der Waals surface area contributed by atoms with Crippen LogP contribution in [0.3, 0.4) is 0 Å². The molecule has 200 valence electrons. The number of aliphatic hydroxyl groups is 2. The van der Waals surface area contributed by atoms with Crippen LogP contribution in [-0.2, 0) is 9.53 Å². The van der Waals surface area contributed by atoms with Crippen LogP contribution in [0, 0.1) is 11.8 Å². The number of alkyl halides is 12. The summed E-state index contributed by atoms with van der Waals surface area (Å²) >= 11 is 0. The molecule has 0 aliphatic heterocycles. The summed E-state index contributed by atoms with van der Waals surface area (Å²) in [6, 6.07) is 0. The van der Waals surface area contributed by atoms with Gasteiger partial charge in [0.25, 0.3) is 11.2 Å². The zero-order valence-electron chi connectivity index (χ0n) is 17.2. The average Bonchev–Trinajstić information content (AvgIpc) is 2.57. The van der Waals surface area contributed by atoms with Crippen LogP contribution < -0.4 is 0 Å². The van der Waals surface area contributed by atoms with Gasteiger partial charge >= 0.3 is 30.7 Å². The third-order valence-electron chi connectivity index (χ3n) is 5.53. The molecule has 0 aromatic heterocycles.